The Morgan fingerprint density at radius 2 is 1.92 bits per heavy atom. The van der Waals surface area contributed by atoms with Gasteiger partial charge in [0.2, 0.25) is 0 Å². The van der Waals surface area contributed by atoms with Crippen LogP contribution in [0.1, 0.15) is 35.4 Å². The average Bonchev–Trinajstić information content (AvgIpc) is 3.16. The lowest BCUT2D eigenvalue weighted by Crippen LogP contribution is -2.23. The minimum atomic E-state index is -0.111. The van der Waals surface area contributed by atoms with Crippen LogP contribution in [0, 0.1) is 19.7 Å². The largest absolute Gasteiger partial charge is 0.371 e. The Morgan fingerprint density at radius 3 is 2.58 bits per heavy atom. The first-order valence-electron chi connectivity index (χ1n) is 8.80. The van der Waals surface area contributed by atoms with Crippen molar-refractivity contribution >= 4 is 5.69 Å². The molecule has 2 heterocycles. The molecule has 0 spiro atoms. The topological polar surface area (TPSA) is 33.1 Å². The molecule has 0 aliphatic carbocycles. The minimum Gasteiger partial charge on any atom is -0.371 e. The summed E-state index contributed by atoms with van der Waals surface area (Å²) >= 11 is 0. The molecule has 1 N–H and O–H groups in total. The number of nitrogens with zero attached hydrogens (tertiary/aromatic N) is 3. The highest BCUT2D eigenvalue weighted by Crippen LogP contribution is 2.26. The fourth-order valence-electron chi connectivity index (χ4n) is 3.58. The lowest BCUT2D eigenvalue weighted by Gasteiger charge is -2.22. The molecule has 1 aliphatic heterocycles. The van der Waals surface area contributed by atoms with Crippen molar-refractivity contribution in [2.45, 2.75) is 39.7 Å². The van der Waals surface area contributed by atoms with E-state index < -0.39 is 0 Å². The monoisotopic (exact) mass is 330 g/mol. The molecule has 1 fully saturated rings. The van der Waals surface area contributed by atoms with Gasteiger partial charge in [0.15, 0.2) is 0 Å². The van der Waals surface area contributed by atoms with Crippen LogP contribution in [0.3, 0.4) is 0 Å². The van der Waals surface area contributed by atoms with E-state index in [4.69, 9.17) is 0 Å². The van der Waals surface area contributed by atoms with Crippen LogP contribution in [0.25, 0.3) is 0 Å². The van der Waals surface area contributed by atoms with Gasteiger partial charge in [-0.05, 0) is 57.4 Å². The van der Waals surface area contributed by atoms with Crippen LogP contribution in [-0.4, -0.2) is 29.4 Å². The van der Waals surface area contributed by atoms with Gasteiger partial charge in [-0.1, -0.05) is 6.07 Å². The van der Waals surface area contributed by atoms with Crippen molar-refractivity contribution in [2.75, 3.05) is 24.5 Å². The van der Waals surface area contributed by atoms with E-state index in [-0.39, 0.29) is 5.82 Å². The molecule has 1 aromatic carbocycles. The molecule has 2 aromatic rings. The third kappa shape index (κ3) is 3.46. The highest BCUT2D eigenvalue weighted by molar-refractivity contribution is 5.54. The van der Waals surface area contributed by atoms with E-state index in [9.17, 15) is 4.39 Å². The minimum absolute atomic E-state index is 0.111. The molecule has 1 aliphatic rings. The predicted octanol–water partition coefficient (Wildman–Crippen LogP) is 3.11. The number of halogens is 1. The molecule has 24 heavy (non-hydrogen) atoms. The van der Waals surface area contributed by atoms with Crippen molar-refractivity contribution in [3.8, 4) is 0 Å². The zero-order valence-electron chi connectivity index (χ0n) is 14.9. The number of aromatic nitrogens is 2. The third-order valence-electron chi connectivity index (χ3n) is 5.05. The molecule has 0 radical (unpaired) electrons. The molecule has 5 heteroatoms. The molecule has 0 amide bonds. The van der Waals surface area contributed by atoms with Crippen molar-refractivity contribution in [3.63, 3.8) is 0 Å². The Balaban J connectivity index is 1.62. The van der Waals surface area contributed by atoms with E-state index in [1.807, 2.05) is 30.8 Å². The van der Waals surface area contributed by atoms with Gasteiger partial charge in [-0.3, -0.25) is 4.68 Å². The summed E-state index contributed by atoms with van der Waals surface area (Å²) in [7, 11) is 1.97. The first-order chi connectivity index (χ1) is 11.6. The molecular formula is C19H27FN4. The molecule has 130 valence electrons. The molecule has 0 bridgehead atoms. The van der Waals surface area contributed by atoms with Gasteiger partial charge >= 0.3 is 0 Å². The van der Waals surface area contributed by atoms with E-state index in [0.717, 1.165) is 43.0 Å². The third-order valence-corrected chi connectivity index (χ3v) is 5.05. The second kappa shape index (κ2) is 7.34. The molecule has 0 saturated carbocycles. The van der Waals surface area contributed by atoms with E-state index in [0.29, 0.717) is 6.54 Å². The molecule has 3 rings (SSSR count). The summed E-state index contributed by atoms with van der Waals surface area (Å²) in [6.07, 6.45) is 3.31. The second-order valence-electron chi connectivity index (χ2n) is 6.63. The predicted molar refractivity (Wildman–Crippen MR) is 95.9 cm³/mol. The summed E-state index contributed by atoms with van der Waals surface area (Å²) < 4.78 is 16.2. The number of anilines is 1. The van der Waals surface area contributed by atoms with Gasteiger partial charge in [0.25, 0.3) is 0 Å². The van der Waals surface area contributed by atoms with Gasteiger partial charge in [-0.2, -0.15) is 5.10 Å². The number of hydrogen-bond donors (Lipinski definition) is 1. The molecule has 0 atom stereocenters. The van der Waals surface area contributed by atoms with Gasteiger partial charge < -0.3 is 10.2 Å². The Hall–Kier alpha value is -1.88. The summed E-state index contributed by atoms with van der Waals surface area (Å²) in [4.78, 5) is 2.30. The van der Waals surface area contributed by atoms with Gasteiger partial charge in [0.1, 0.15) is 5.82 Å². The van der Waals surface area contributed by atoms with E-state index >= 15 is 0 Å². The Labute approximate surface area is 143 Å². The van der Waals surface area contributed by atoms with Crippen LogP contribution >= 0.6 is 0 Å². The summed E-state index contributed by atoms with van der Waals surface area (Å²) in [6.45, 7) is 7.59. The molecular weight excluding hydrogens is 303 g/mol. The number of rotatable bonds is 6. The highest BCUT2D eigenvalue weighted by atomic mass is 19.1. The van der Waals surface area contributed by atoms with Crippen LogP contribution in [0.15, 0.2) is 18.2 Å². The van der Waals surface area contributed by atoms with Gasteiger partial charge in [-0.25, -0.2) is 4.39 Å². The maximum absolute atomic E-state index is 14.3. The van der Waals surface area contributed by atoms with E-state index in [1.54, 1.807) is 6.07 Å². The lowest BCUT2D eigenvalue weighted by molar-refractivity contribution is 0.587. The van der Waals surface area contributed by atoms with Crippen molar-refractivity contribution in [3.05, 3.63) is 46.5 Å². The van der Waals surface area contributed by atoms with Crippen molar-refractivity contribution < 1.29 is 4.39 Å². The molecule has 0 unspecified atom stereocenters. The summed E-state index contributed by atoms with van der Waals surface area (Å²) in [5, 5.41) is 7.87. The highest BCUT2D eigenvalue weighted by Gasteiger charge is 2.18. The number of benzene rings is 1. The van der Waals surface area contributed by atoms with Crippen LogP contribution in [-0.2, 0) is 20.0 Å². The average molecular weight is 330 g/mol. The Morgan fingerprint density at radius 1 is 1.17 bits per heavy atom. The van der Waals surface area contributed by atoms with Crippen molar-refractivity contribution in [2.24, 2.45) is 7.05 Å². The lowest BCUT2D eigenvalue weighted by atomic mass is 10.1. The SMILES string of the molecule is Cc1nn(C)c(C)c1CCNCc1c(F)cccc1N1CCCC1. The fraction of sp³-hybridized carbons (Fsp3) is 0.526. The molecule has 1 saturated heterocycles. The molecule has 4 nitrogen and oxygen atoms in total. The van der Waals surface area contributed by atoms with E-state index in [2.05, 4.69) is 22.2 Å². The quantitative estimate of drug-likeness (QED) is 0.826. The normalized spacial score (nSPS) is 14.6. The van der Waals surface area contributed by atoms with Crippen molar-refractivity contribution in [1.82, 2.24) is 15.1 Å². The van der Waals surface area contributed by atoms with Crippen LogP contribution in [0.4, 0.5) is 10.1 Å². The first kappa shape index (κ1) is 17.0. The van der Waals surface area contributed by atoms with Crippen LogP contribution < -0.4 is 10.2 Å². The number of hydrogen-bond acceptors (Lipinski definition) is 3. The Kier molecular flexibility index (Phi) is 5.19. The first-order valence-corrected chi connectivity index (χ1v) is 8.80. The summed E-state index contributed by atoms with van der Waals surface area (Å²) in [5.74, 6) is -0.111. The number of nitrogens with one attached hydrogen (secondary N) is 1. The zero-order chi connectivity index (χ0) is 17.1. The smallest absolute Gasteiger partial charge is 0.129 e. The van der Waals surface area contributed by atoms with Crippen LogP contribution in [0.5, 0.6) is 0 Å². The zero-order valence-corrected chi connectivity index (χ0v) is 14.9. The standard InChI is InChI=1S/C19H27FN4/c1-14-16(15(2)23(3)22-14)9-10-21-13-17-18(20)7-6-8-19(17)24-11-4-5-12-24/h6-8,21H,4-5,9-13H2,1-3H3. The Bertz CT molecular complexity index is 702. The van der Waals surface area contributed by atoms with Crippen molar-refractivity contribution in [1.29, 1.82) is 0 Å². The van der Waals surface area contributed by atoms with Gasteiger partial charge in [-0.15, -0.1) is 0 Å². The van der Waals surface area contributed by atoms with Crippen LogP contribution in [0.2, 0.25) is 0 Å². The maximum Gasteiger partial charge on any atom is 0.129 e. The maximum atomic E-state index is 14.3. The van der Waals surface area contributed by atoms with Gasteiger partial charge in [0, 0.05) is 43.6 Å². The van der Waals surface area contributed by atoms with Gasteiger partial charge in [0.05, 0.1) is 5.69 Å². The summed E-state index contributed by atoms with van der Waals surface area (Å²) in [5.41, 5.74) is 5.42. The second-order valence-corrected chi connectivity index (χ2v) is 6.63. The molecule has 1 aromatic heterocycles. The summed E-state index contributed by atoms with van der Waals surface area (Å²) in [6, 6.07) is 5.42. The fourth-order valence-corrected chi connectivity index (χ4v) is 3.58. The van der Waals surface area contributed by atoms with E-state index in [1.165, 1.54) is 24.1 Å². The number of aryl methyl sites for hydroxylation is 2.